The second-order valence-electron chi connectivity index (χ2n) is 6.55. The molecule has 3 N–H and O–H groups in total. The molecule has 0 aliphatic carbocycles. The number of ether oxygens (including phenoxy) is 1. The average Bonchev–Trinajstić information content (AvgIpc) is 3.31. The number of hydrogen-bond donors (Lipinski definition) is 3. The summed E-state index contributed by atoms with van der Waals surface area (Å²) >= 11 is 1.39. The van der Waals surface area contributed by atoms with E-state index in [1.54, 1.807) is 6.20 Å². The van der Waals surface area contributed by atoms with Gasteiger partial charge in [-0.05, 0) is 12.8 Å². The molecule has 130 valence electrons. The van der Waals surface area contributed by atoms with Crippen molar-refractivity contribution >= 4 is 28.3 Å². The first-order chi connectivity index (χ1) is 11.7. The summed E-state index contributed by atoms with van der Waals surface area (Å²) < 4.78 is 5.71. The summed E-state index contributed by atoms with van der Waals surface area (Å²) in [5, 5.41) is 5.27. The Kier molecular flexibility index (Phi) is 4.49. The molecule has 8 nitrogen and oxygen atoms in total. The van der Waals surface area contributed by atoms with Gasteiger partial charge in [-0.15, -0.1) is 11.3 Å². The van der Waals surface area contributed by atoms with Crippen molar-refractivity contribution in [2.24, 2.45) is 11.8 Å². The minimum Gasteiger partial charge on any atom is -0.377 e. The minimum absolute atomic E-state index is 0.0379. The molecule has 9 heteroatoms. The fourth-order valence-corrected chi connectivity index (χ4v) is 4.32. The smallest absolute Gasteiger partial charge is 0.240 e. The van der Waals surface area contributed by atoms with E-state index in [0.717, 1.165) is 26.0 Å². The number of nitrogens with zero attached hydrogens (tertiary/aromatic N) is 2. The van der Waals surface area contributed by atoms with Gasteiger partial charge in [0.05, 0.1) is 24.0 Å². The fraction of sp³-hybridized carbons (Fsp3) is 0.667. The number of likely N-dealkylation sites (tertiary alicyclic amines) is 1. The number of piperidine rings is 1. The molecule has 4 rings (SSSR count). The van der Waals surface area contributed by atoms with Gasteiger partial charge in [0.15, 0.2) is 5.13 Å². The highest BCUT2D eigenvalue weighted by Crippen LogP contribution is 2.28. The van der Waals surface area contributed by atoms with Crippen molar-refractivity contribution in [2.75, 3.05) is 31.6 Å². The van der Waals surface area contributed by atoms with Crippen LogP contribution in [0.4, 0.5) is 5.13 Å². The first-order valence-corrected chi connectivity index (χ1v) is 9.18. The quantitative estimate of drug-likeness (QED) is 0.696. The van der Waals surface area contributed by atoms with E-state index in [-0.39, 0.29) is 35.8 Å². The van der Waals surface area contributed by atoms with Crippen molar-refractivity contribution in [3.8, 4) is 0 Å². The summed E-state index contributed by atoms with van der Waals surface area (Å²) in [4.78, 5) is 31.1. The lowest BCUT2D eigenvalue weighted by Gasteiger charge is -2.39. The zero-order valence-electron chi connectivity index (χ0n) is 13.2. The van der Waals surface area contributed by atoms with E-state index in [9.17, 15) is 9.59 Å². The van der Waals surface area contributed by atoms with Crippen LogP contribution in [0.3, 0.4) is 0 Å². The van der Waals surface area contributed by atoms with Crippen LogP contribution in [0.2, 0.25) is 0 Å². The third-order valence-corrected chi connectivity index (χ3v) is 5.65. The highest BCUT2D eigenvalue weighted by atomic mass is 32.1. The average molecular weight is 351 g/mol. The summed E-state index contributed by atoms with van der Waals surface area (Å²) in [6.07, 6.45) is 4.00. The summed E-state index contributed by atoms with van der Waals surface area (Å²) in [6.45, 7) is 2.85. The lowest BCUT2D eigenvalue weighted by Crippen LogP contribution is -2.56. The molecule has 0 saturated carbocycles. The van der Waals surface area contributed by atoms with Crippen LogP contribution >= 0.6 is 11.3 Å². The number of hydrogen-bond acceptors (Lipinski definition) is 7. The number of fused-ring (bicyclic) bond motifs is 1. The number of anilines is 1. The van der Waals surface area contributed by atoms with Gasteiger partial charge in [-0.2, -0.15) is 0 Å². The molecule has 1 aromatic rings. The van der Waals surface area contributed by atoms with Gasteiger partial charge in [-0.25, -0.2) is 10.4 Å². The Morgan fingerprint density at radius 2 is 2.42 bits per heavy atom. The largest absolute Gasteiger partial charge is 0.377 e. The molecule has 4 heterocycles. The Labute approximate surface area is 143 Å². The van der Waals surface area contributed by atoms with Crippen LogP contribution in [0.5, 0.6) is 0 Å². The Morgan fingerprint density at radius 1 is 1.50 bits per heavy atom. The third-order valence-electron chi connectivity index (χ3n) is 4.96. The number of nitrogens with one attached hydrogen (secondary N) is 3. The summed E-state index contributed by atoms with van der Waals surface area (Å²) in [5.41, 5.74) is 5.68. The number of thiazole rings is 1. The van der Waals surface area contributed by atoms with Crippen LogP contribution < -0.4 is 16.2 Å². The highest BCUT2D eigenvalue weighted by molar-refractivity contribution is 7.13. The number of carbonyl (C=O) groups is 2. The molecular weight excluding hydrogens is 330 g/mol. The molecule has 0 aromatic carbocycles. The van der Waals surface area contributed by atoms with Gasteiger partial charge < -0.3 is 10.1 Å². The van der Waals surface area contributed by atoms with E-state index in [1.165, 1.54) is 11.3 Å². The van der Waals surface area contributed by atoms with Gasteiger partial charge in [0.1, 0.15) is 0 Å². The number of amides is 2. The molecule has 3 saturated heterocycles. The van der Waals surface area contributed by atoms with E-state index < -0.39 is 0 Å². The number of hydrazine groups is 1. The molecule has 24 heavy (non-hydrogen) atoms. The van der Waals surface area contributed by atoms with E-state index in [1.807, 2.05) is 5.38 Å². The molecule has 4 unspecified atom stereocenters. The van der Waals surface area contributed by atoms with E-state index in [2.05, 4.69) is 26.1 Å². The summed E-state index contributed by atoms with van der Waals surface area (Å²) in [7, 11) is 0. The minimum atomic E-state index is -0.312. The zero-order valence-corrected chi connectivity index (χ0v) is 14.1. The van der Waals surface area contributed by atoms with Crippen molar-refractivity contribution in [1.82, 2.24) is 20.7 Å². The van der Waals surface area contributed by atoms with Crippen LogP contribution in [0.25, 0.3) is 0 Å². The standard InChI is InChI=1S/C15H21N5O3S/c21-13(17-15-16-3-5-24-15)10-7-20(6-9-2-1-4-23-9)8-11-12(10)18-19-14(11)22/h3,5,9-12,18H,1-2,4,6-8H2,(H,19,22)(H,16,17,21). The van der Waals surface area contributed by atoms with Crippen molar-refractivity contribution < 1.29 is 14.3 Å². The van der Waals surface area contributed by atoms with Crippen LogP contribution in [-0.4, -0.2) is 60.1 Å². The molecule has 3 fully saturated rings. The van der Waals surface area contributed by atoms with Gasteiger partial charge in [-0.1, -0.05) is 0 Å². The van der Waals surface area contributed by atoms with Crippen molar-refractivity contribution in [1.29, 1.82) is 0 Å². The van der Waals surface area contributed by atoms with Gasteiger partial charge >= 0.3 is 0 Å². The van der Waals surface area contributed by atoms with Crippen molar-refractivity contribution in [3.05, 3.63) is 11.6 Å². The SMILES string of the molecule is O=C1NNC2C1CN(CC1CCCO1)CC2C(=O)Nc1nccs1. The molecule has 4 atom stereocenters. The topological polar surface area (TPSA) is 95.6 Å². The van der Waals surface area contributed by atoms with Gasteiger partial charge in [0.25, 0.3) is 0 Å². The maximum absolute atomic E-state index is 12.7. The molecule has 3 aliphatic heterocycles. The molecule has 0 spiro atoms. The van der Waals surface area contributed by atoms with Crippen molar-refractivity contribution in [3.63, 3.8) is 0 Å². The number of aromatic nitrogens is 1. The van der Waals surface area contributed by atoms with Crippen LogP contribution in [0.15, 0.2) is 11.6 Å². The second-order valence-corrected chi connectivity index (χ2v) is 7.45. The summed E-state index contributed by atoms with van der Waals surface area (Å²) in [6, 6.07) is -0.182. The monoisotopic (exact) mass is 351 g/mol. The summed E-state index contributed by atoms with van der Waals surface area (Å²) in [5.74, 6) is -0.662. The Bertz CT molecular complexity index is 604. The predicted molar refractivity (Wildman–Crippen MR) is 88.2 cm³/mol. The first-order valence-electron chi connectivity index (χ1n) is 8.30. The molecule has 3 aliphatic rings. The maximum Gasteiger partial charge on any atom is 0.240 e. The van der Waals surface area contributed by atoms with E-state index in [0.29, 0.717) is 18.2 Å². The molecule has 0 radical (unpaired) electrons. The normalized spacial score (nSPS) is 33.2. The lowest BCUT2D eigenvalue weighted by molar-refractivity contribution is -0.127. The number of carbonyl (C=O) groups excluding carboxylic acids is 2. The predicted octanol–water partition coefficient (Wildman–Crippen LogP) is -0.188. The fourth-order valence-electron chi connectivity index (χ4n) is 3.79. The van der Waals surface area contributed by atoms with Crippen molar-refractivity contribution in [2.45, 2.75) is 25.0 Å². The lowest BCUT2D eigenvalue weighted by atomic mass is 9.84. The Morgan fingerprint density at radius 3 is 3.17 bits per heavy atom. The molecular formula is C15H21N5O3S. The number of rotatable bonds is 4. The highest BCUT2D eigenvalue weighted by Gasteiger charge is 2.47. The van der Waals surface area contributed by atoms with Gasteiger partial charge in [-0.3, -0.25) is 19.9 Å². The molecule has 0 bridgehead atoms. The zero-order chi connectivity index (χ0) is 16.5. The van der Waals surface area contributed by atoms with Crippen LogP contribution in [0, 0.1) is 11.8 Å². The Hall–Kier alpha value is -1.55. The van der Waals surface area contributed by atoms with Gasteiger partial charge in [0, 0.05) is 37.8 Å². The third kappa shape index (κ3) is 3.16. The van der Waals surface area contributed by atoms with E-state index >= 15 is 0 Å². The molecule has 2 amide bonds. The van der Waals surface area contributed by atoms with E-state index in [4.69, 9.17) is 4.74 Å². The van der Waals surface area contributed by atoms with Crippen LogP contribution in [-0.2, 0) is 14.3 Å². The molecule has 1 aromatic heterocycles. The maximum atomic E-state index is 12.7. The first kappa shape index (κ1) is 15.9. The van der Waals surface area contributed by atoms with Gasteiger partial charge in [0.2, 0.25) is 11.8 Å². The van der Waals surface area contributed by atoms with Crippen LogP contribution in [0.1, 0.15) is 12.8 Å². The Balaban J connectivity index is 1.47. The second kappa shape index (κ2) is 6.75.